The van der Waals surface area contributed by atoms with Crippen molar-refractivity contribution < 1.29 is 27.2 Å². The summed E-state index contributed by atoms with van der Waals surface area (Å²) in [4.78, 5) is 24.0. The average Bonchev–Trinajstić information content (AvgIpc) is 3.16. The predicted octanol–water partition coefficient (Wildman–Crippen LogP) is 1.64. The fraction of sp³-hybridized carbons (Fsp3) is 0.400. The molecule has 30 heavy (non-hydrogen) atoms. The van der Waals surface area contributed by atoms with Crippen LogP contribution in [0, 0.1) is 12.8 Å². The zero-order valence-electron chi connectivity index (χ0n) is 16.5. The molecule has 0 bridgehead atoms. The number of nitrogens with one attached hydrogen (secondary N) is 2. The maximum Gasteiger partial charge on any atom is 0.262 e. The molecule has 1 saturated heterocycles. The number of sulfonamides is 1. The molecule has 0 unspecified atom stereocenters. The number of piperidine rings is 1. The summed E-state index contributed by atoms with van der Waals surface area (Å²) in [5, 5.41) is 5.47. The monoisotopic (exact) mass is 433 g/mol. The van der Waals surface area contributed by atoms with Crippen LogP contribution >= 0.6 is 0 Å². The summed E-state index contributed by atoms with van der Waals surface area (Å²) >= 11 is 0. The van der Waals surface area contributed by atoms with E-state index >= 15 is 0 Å². The Morgan fingerprint density at radius 2 is 2.00 bits per heavy atom. The molecular weight excluding hydrogens is 410 g/mol. The first-order valence-corrected chi connectivity index (χ1v) is 11.2. The summed E-state index contributed by atoms with van der Waals surface area (Å²) in [5.74, 6) is 1.23. The third kappa shape index (κ3) is 4.19. The second-order valence-electron chi connectivity index (χ2n) is 7.40. The molecule has 1 aromatic heterocycles. The average molecular weight is 433 g/mol. The summed E-state index contributed by atoms with van der Waals surface area (Å²) in [6, 6.07) is 8.07. The van der Waals surface area contributed by atoms with Crippen LogP contribution in [0.4, 0.5) is 5.69 Å². The number of carbonyl (C=O) groups is 2. The molecule has 0 saturated carbocycles. The van der Waals surface area contributed by atoms with Gasteiger partial charge in [-0.2, -0.15) is 4.31 Å². The molecule has 0 radical (unpaired) electrons. The van der Waals surface area contributed by atoms with Crippen LogP contribution in [0.1, 0.15) is 24.4 Å². The van der Waals surface area contributed by atoms with Crippen molar-refractivity contribution in [2.75, 3.05) is 25.0 Å². The number of hydrogen-bond acceptors (Lipinski definition) is 6. The van der Waals surface area contributed by atoms with Gasteiger partial charge in [0.05, 0.1) is 17.1 Å². The third-order valence-electron chi connectivity index (χ3n) is 5.28. The summed E-state index contributed by atoms with van der Waals surface area (Å²) in [6.45, 7) is 2.56. The zero-order valence-corrected chi connectivity index (χ0v) is 17.3. The predicted molar refractivity (Wildman–Crippen MR) is 107 cm³/mol. The van der Waals surface area contributed by atoms with Crippen molar-refractivity contribution in [1.82, 2.24) is 9.62 Å². The number of amides is 2. The van der Waals surface area contributed by atoms with Crippen LogP contribution in [-0.2, 0) is 26.2 Å². The van der Waals surface area contributed by atoms with Crippen molar-refractivity contribution >= 4 is 27.5 Å². The smallest absolute Gasteiger partial charge is 0.262 e. The molecule has 2 N–H and O–H groups in total. The van der Waals surface area contributed by atoms with Gasteiger partial charge in [0.1, 0.15) is 17.3 Å². The fourth-order valence-corrected chi connectivity index (χ4v) is 5.13. The highest BCUT2D eigenvalue weighted by Gasteiger charge is 2.33. The fourth-order valence-electron chi connectivity index (χ4n) is 3.63. The minimum absolute atomic E-state index is 0.0862. The lowest BCUT2D eigenvalue weighted by Crippen LogP contribution is -2.42. The molecule has 2 aliphatic rings. The lowest BCUT2D eigenvalue weighted by molar-refractivity contribution is -0.126. The Labute approximate surface area is 174 Å². The molecule has 0 atom stereocenters. The van der Waals surface area contributed by atoms with E-state index in [-0.39, 0.29) is 42.3 Å². The molecule has 1 aromatic carbocycles. The second kappa shape index (κ2) is 8.11. The maximum absolute atomic E-state index is 13.0. The Hall–Kier alpha value is -2.85. The molecule has 2 amide bonds. The van der Waals surface area contributed by atoms with E-state index in [1.54, 1.807) is 0 Å². The van der Waals surface area contributed by atoms with Crippen LogP contribution in [0.15, 0.2) is 39.6 Å². The first-order chi connectivity index (χ1) is 14.3. The van der Waals surface area contributed by atoms with Crippen LogP contribution in [-0.4, -0.2) is 44.2 Å². The summed E-state index contributed by atoms with van der Waals surface area (Å²) in [7, 11) is -3.73. The maximum atomic E-state index is 13.0. The Morgan fingerprint density at radius 3 is 2.70 bits per heavy atom. The van der Waals surface area contributed by atoms with Gasteiger partial charge in [-0.15, -0.1) is 0 Å². The number of furan rings is 1. The van der Waals surface area contributed by atoms with E-state index in [0.717, 1.165) is 5.76 Å². The van der Waals surface area contributed by atoms with Crippen molar-refractivity contribution in [3.8, 4) is 5.75 Å². The Morgan fingerprint density at radius 1 is 1.23 bits per heavy atom. The van der Waals surface area contributed by atoms with Gasteiger partial charge >= 0.3 is 0 Å². The lowest BCUT2D eigenvalue weighted by Gasteiger charge is -2.30. The number of nitrogens with zero attached hydrogens (tertiary/aromatic N) is 1. The van der Waals surface area contributed by atoms with Gasteiger partial charge in [0.2, 0.25) is 15.9 Å². The van der Waals surface area contributed by atoms with Crippen LogP contribution in [0.25, 0.3) is 0 Å². The Bertz CT molecular complexity index is 1070. The molecule has 0 spiro atoms. The molecule has 10 heteroatoms. The zero-order chi connectivity index (χ0) is 21.3. The van der Waals surface area contributed by atoms with E-state index in [1.807, 2.05) is 19.1 Å². The van der Waals surface area contributed by atoms with E-state index in [4.69, 9.17) is 9.15 Å². The third-order valence-corrected chi connectivity index (χ3v) is 7.17. The Balaban J connectivity index is 1.36. The topological polar surface area (TPSA) is 118 Å². The molecule has 0 aliphatic carbocycles. The summed E-state index contributed by atoms with van der Waals surface area (Å²) in [5.41, 5.74) is 0.342. The molecule has 4 rings (SSSR count). The van der Waals surface area contributed by atoms with E-state index in [1.165, 1.54) is 22.5 Å². The first kappa shape index (κ1) is 20.4. The molecule has 9 nitrogen and oxygen atoms in total. The highest BCUT2D eigenvalue weighted by Crippen LogP contribution is 2.32. The van der Waals surface area contributed by atoms with Crippen molar-refractivity contribution in [2.45, 2.75) is 31.2 Å². The lowest BCUT2D eigenvalue weighted by atomic mass is 9.97. The van der Waals surface area contributed by atoms with Gasteiger partial charge in [-0.3, -0.25) is 9.59 Å². The summed E-state index contributed by atoms with van der Waals surface area (Å²) < 4.78 is 38.1. The quantitative estimate of drug-likeness (QED) is 0.740. The minimum atomic E-state index is -3.73. The SMILES string of the molecule is Cc1ccc(CNC(=O)C2CCN(S(=O)(=O)c3ccc4c(c3)NC(=O)CO4)CC2)o1. The number of rotatable bonds is 5. The van der Waals surface area contributed by atoms with Crippen LogP contribution in [0.5, 0.6) is 5.75 Å². The van der Waals surface area contributed by atoms with Gasteiger partial charge in [-0.25, -0.2) is 8.42 Å². The molecule has 3 heterocycles. The molecular formula is C20H23N3O6S. The molecule has 2 aromatic rings. The van der Waals surface area contributed by atoms with E-state index in [2.05, 4.69) is 10.6 Å². The van der Waals surface area contributed by atoms with Gasteiger partial charge < -0.3 is 19.8 Å². The van der Waals surface area contributed by atoms with Gasteiger partial charge in [0, 0.05) is 19.0 Å². The van der Waals surface area contributed by atoms with Gasteiger partial charge in [0.15, 0.2) is 6.61 Å². The number of benzene rings is 1. The van der Waals surface area contributed by atoms with E-state index < -0.39 is 10.0 Å². The molecule has 1 fully saturated rings. The second-order valence-corrected chi connectivity index (χ2v) is 9.34. The number of aryl methyl sites for hydroxylation is 1. The van der Waals surface area contributed by atoms with Gasteiger partial charge in [0.25, 0.3) is 5.91 Å². The van der Waals surface area contributed by atoms with Gasteiger partial charge in [-0.1, -0.05) is 0 Å². The van der Waals surface area contributed by atoms with Crippen molar-refractivity contribution in [2.24, 2.45) is 5.92 Å². The highest BCUT2D eigenvalue weighted by molar-refractivity contribution is 7.89. The number of anilines is 1. The normalized spacial score (nSPS) is 17.7. The van der Waals surface area contributed by atoms with Crippen molar-refractivity contribution in [1.29, 1.82) is 0 Å². The number of ether oxygens (including phenoxy) is 1. The molecule has 160 valence electrons. The highest BCUT2D eigenvalue weighted by atomic mass is 32.2. The van der Waals surface area contributed by atoms with Crippen LogP contribution in [0.3, 0.4) is 0 Å². The van der Waals surface area contributed by atoms with E-state index in [9.17, 15) is 18.0 Å². The number of fused-ring (bicyclic) bond motifs is 1. The van der Waals surface area contributed by atoms with Crippen LogP contribution in [0.2, 0.25) is 0 Å². The number of carbonyl (C=O) groups excluding carboxylic acids is 2. The van der Waals surface area contributed by atoms with Crippen LogP contribution < -0.4 is 15.4 Å². The van der Waals surface area contributed by atoms with E-state index in [0.29, 0.717) is 36.6 Å². The molecule has 2 aliphatic heterocycles. The van der Waals surface area contributed by atoms with Crippen molar-refractivity contribution in [3.05, 3.63) is 41.9 Å². The minimum Gasteiger partial charge on any atom is -0.482 e. The largest absolute Gasteiger partial charge is 0.482 e. The summed E-state index contributed by atoms with van der Waals surface area (Å²) in [6.07, 6.45) is 0.875. The first-order valence-electron chi connectivity index (χ1n) is 9.73. The Kier molecular flexibility index (Phi) is 5.52. The number of hydrogen-bond donors (Lipinski definition) is 2. The van der Waals surface area contributed by atoms with Gasteiger partial charge in [-0.05, 0) is 50.1 Å². The standard InChI is InChI=1S/C20H23N3O6S/c1-13-2-3-15(29-13)11-21-20(25)14-6-8-23(9-7-14)30(26,27)16-4-5-18-17(10-16)22-19(24)12-28-18/h2-5,10,14H,6-9,11-12H2,1H3,(H,21,25)(H,22,24). The van der Waals surface area contributed by atoms with Crippen molar-refractivity contribution in [3.63, 3.8) is 0 Å².